The first kappa shape index (κ1) is 13.1. The monoisotopic (exact) mass is 327 g/mol. The fourth-order valence-corrected chi connectivity index (χ4v) is 4.30. The highest BCUT2D eigenvalue weighted by Crippen LogP contribution is 2.37. The fourth-order valence-electron chi connectivity index (χ4n) is 1.80. The van der Waals surface area contributed by atoms with Crippen molar-refractivity contribution in [3.05, 3.63) is 34.2 Å². The number of rotatable bonds is 1. The Hall–Kier alpha value is -0.950. The van der Waals surface area contributed by atoms with Gasteiger partial charge < -0.3 is 0 Å². The standard InChI is InChI=1S/C12H6ClNO2S3/c13-9-6-3-1-2-4-7(6)19-10(9)11(16)14-8(15)5-18-12(14)17/h1-4H,5H2. The number of carbonyl (C=O) groups excluding carboxylic acids is 2. The lowest BCUT2D eigenvalue weighted by Gasteiger charge is -2.11. The molecule has 0 radical (unpaired) electrons. The molecule has 0 unspecified atom stereocenters. The average Bonchev–Trinajstić information content (AvgIpc) is 2.91. The van der Waals surface area contributed by atoms with Gasteiger partial charge in [-0.2, -0.15) is 0 Å². The molecule has 19 heavy (non-hydrogen) atoms. The molecule has 1 aromatic carbocycles. The second-order valence-corrected chi connectivity index (χ2v) is 6.87. The number of carbonyl (C=O) groups is 2. The number of hydrogen-bond acceptors (Lipinski definition) is 5. The summed E-state index contributed by atoms with van der Waals surface area (Å²) in [7, 11) is 0. The topological polar surface area (TPSA) is 37.4 Å². The molecule has 1 aromatic heterocycles. The first-order valence-electron chi connectivity index (χ1n) is 5.30. The molecular formula is C12H6ClNO2S3. The van der Waals surface area contributed by atoms with Gasteiger partial charge in [-0.3, -0.25) is 9.59 Å². The highest BCUT2D eigenvalue weighted by Gasteiger charge is 2.35. The van der Waals surface area contributed by atoms with Crippen LogP contribution in [0, 0.1) is 0 Å². The molecular weight excluding hydrogens is 322 g/mol. The predicted octanol–water partition coefficient (Wildman–Crippen LogP) is 3.56. The zero-order chi connectivity index (χ0) is 13.6. The van der Waals surface area contributed by atoms with Crippen molar-refractivity contribution in [3.63, 3.8) is 0 Å². The maximum Gasteiger partial charge on any atom is 0.277 e. The number of imide groups is 1. The van der Waals surface area contributed by atoms with E-state index < -0.39 is 5.91 Å². The van der Waals surface area contributed by atoms with Gasteiger partial charge in [0, 0.05) is 10.1 Å². The van der Waals surface area contributed by atoms with Crippen LogP contribution in [0.15, 0.2) is 24.3 Å². The Morgan fingerprint density at radius 1 is 1.37 bits per heavy atom. The summed E-state index contributed by atoms with van der Waals surface area (Å²) in [4.78, 5) is 25.5. The number of thiophene rings is 1. The third-order valence-corrected chi connectivity index (χ3v) is 5.70. The minimum atomic E-state index is -0.425. The molecule has 7 heteroatoms. The number of halogens is 1. The average molecular weight is 328 g/mol. The van der Waals surface area contributed by atoms with Crippen molar-refractivity contribution in [1.29, 1.82) is 0 Å². The van der Waals surface area contributed by atoms with Gasteiger partial charge in [-0.15, -0.1) is 11.3 Å². The molecule has 0 bridgehead atoms. The van der Waals surface area contributed by atoms with Gasteiger partial charge in [0.15, 0.2) is 4.32 Å². The van der Waals surface area contributed by atoms with Crippen LogP contribution in [0.2, 0.25) is 5.02 Å². The first-order chi connectivity index (χ1) is 9.09. The summed E-state index contributed by atoms with van der Waals surface area (Å²) in [5.74, 6) is -0.493. The number of nitrogens with zero attached hydrogens (tertiary/aromatic N) is 1. The molecule has 0 spiro atoms. The Balaban J connectivity index is 2.09. The molecule has 2 amide bonds. The molecule has 3 nitrogen and oxygen atoms in total. The number of fused-ring (bicyclic) bond motifs is 1. The van der Waals surface area contributed by atoms with Gasteiger partial charge in [0.1, 0.15) is 4.88 Å². The van der Waals surface area contributed by atoms with Crippen LogP contribution < -0.4 is 0 Å². The van der Waals surface area contributed by atoms with Gasteiger partial charge in [0.05, 0.1) is 10.8 Å². The molecule has 96 valence electrons. The van der Waals surface area contributed by atoms with Crippen molar-refractivity contribution in [2.45, 2.75) is 0 Å². The van der Waals surface area contributed by atoms with Gasteiger partial charge in [0.25, 0.3) is 5.91 Å². The first-order valence-corrected chi connectivity index (χ1v) is 7.89. The van der Waals surface area contributed by atoms with E-state index in [1.165, 1.54) is 23.1 Å². The molecule has 1 aliphatic rings. The van der Waals surface area contributed by atoms with E-state index in [-0.39, 0.29) is 11.7 Å². The van der Waals surface area contributed by atoms with E-state index in [4.69, 9.17) is 23.8 Å². The van der Waals surface area contributed by atoms with Gasteiger partial charge in [0.2, 0.25) is 5.91 Å². The Morgan fingerprint density at radius 2 is 2.11 bits per heavy atom. The third-order valence-electron chi connectivity index (χ3n) is 2.68. The lowest BCUT2D eigenvalue weighted by molar-refractivity contribution is -0.122. The molecule has 2 heterocycles. The van der Waals surface area contributed by atoms with Gasteiger partial charge in [-0.25, -0.2) is 4.90 Å². The van der Waals surface area contributed by atoms with Gasteiger partial charge >= 0.3 is 0 Å². The number of thioether (sulfide) groups is 1. The fraction of sp³-hybridized carbons (Fsp3) is 0.0833. The maximum absolute atomic E-state index is 12.4. The second kappa shape index (κ2) is 4.86. The Morgan fingerprint density at radius 3 is 2.74 bits per heavy atom. The molecule has 2 aromatic rings. The number of thiocarbonyl (C=S) groups is 1. The summed E-state index contributed by atoms with van der Waals surface area (Å²) in [6.45, 7) is 0. The molecule has 1 saturated heterocycles. The van der Waals surface area contributed by atoms with E-state index in [0.717, 1.165) is 15.0 Å². The van der Waals surface area contributed by atoms with Crippen LogP contribution in [0.5, 0.6) is 0 Å². The quantitative estimate of drug-likeness (QED) is 0.593. The van der Waals surface area contributed by atoms with Crippen LogP contribution in [0.4, 0.5) is 0 Å². The van der Waals surface area contributed by atoms with E-state index >= 15 is 0 Å². The number of hydrogen-bond donors (Lipinski definition) is 0. The largest absolute Gasteiger partial charge is 0.277 e. The zero-order valence-corrected chi connectivity index (χ0v) is 12.6. The van der Waals surface area contributed by atoms with Crippen LogP contribution in [0.25, 0.3) is 10.1 Å². The maximum atomic E-state index is 12.4. The summed E-state index contributed by atoms with van der Waals surface area (Å²) >= 11 is 13.7. The predicted molar refractivity (Wildman–Crippen MR) is 83.1 cm³/mol. The lowest BCUT2D eigenvalue weighted by atomic mass is 10.2. The summed E-state index contributed by atoms with van der Waals surface area (Å²) in [6.07, 6.45) is 0. The molecule has 3 rings (SSSR count). The van der Waals surface area contributed by atoms with Crippen LogP contribution >= 0.6 is 46.9 Å². The molecule has 0 atom stereocenters. The number of amides is 2. The normalized spacial score (nSPS) is 15.5. The van der Waals surface area contributed by atoms with E-state index in [0.29, 0.717) is 14.2 Å². The molecule has 0 N–H and O–H groups in total. The van der Waals surface area contributed by atoms with Crippen molar-refractivity contribution < 1.29 is 9.59 Å². The zero-order valence-electron chi connectivity index (χ0n) is 9.38. The number of benzene rings is 1. The van der Waals surface area contributed by atoms with Crippen molar-refractivity contribution >= 4 is 73.1 Å². The minimum Gasteiger partial charge on any atom is -0.273 e. The van der Waals surface area contributed by atoms with E-state index in [9.17, 15) is 9.59 Å². The Kier molecular flexibility index (Phi) is 3.34. The highest BCUT2D eigenvalue weighted by atomic mass is 35.5. The Bertz CT molecular complexity index is 709. The van der Waals surface area contributed by atoms with Gasteiger partial charge in [-0.05, 0) is 6.07 Å². The third kappa shape index (κ3) is 2.08. The van der Waals surface area contributed by atoms with Crippen molar-refractivity contribution in [2.75, 3.05) is 5.75 Å². The lowest BCUT2D eigenvalue weighted by Crippen LogP contribution is -2.34. The van der Waals surface area contributed by atoms with Crippen LogP contribution in [-0.4, -0.2) is 26.8 Å². The highest BCUT2D eigenvalue weighted by molar-refractivity contribution is 8.24. The van der Waals surface area contributed by atoms with Crippen molar-refractivity contribution in [1.82, 2.24) is 4.90 Å². The van der Waals surface area contributed by atoms with Crippen LogP contribution in [0.3, 0.4) is 0 Å². The second-order valence-electron chi connectivity index (χ2n) is 3.83. The van der Waals surface area contributed by atoms with Crippen LogP contribution in [-0.2, 0) is 4.79 Å². The molecule has 1 fully saturated rings. The van der Waals surface area contributed by atoms with Crippen molar-refractivity contribution in [3.8, 4) is 0 Å². The minimum absolute atomic E-state index is 0.215. The Labute approximate surface area is 127 Å². The van der Waals surface area contributed by atoms with E-state index in [2.05, 4.69) is 0 Å². The molecule has 1 aliphatic heterocycles. The SMILES string of the molecule is O=C1CSC(=S)N1C(=O)c1sc2ccccc2c1Cl. The summed E-state index contributed by atoms with van der Waals surface area (Å²) < 4.78 is 1.21. The summed E-state index contributed by atoms with van der Waals surface area (Å²) in [6, 6.07) is 7.48. The van der Waals surface area contributed by atoms with Gasteiger partial charge in [-0.1, -0.05) is 53.8 Å². The van der Waals surface area contributed by atoms with E-state index in [1.807, 2.05) is 24.3 Å². The van der Waals surface area contributed by atoms with Crippen LogP contribution in [0.1, 0.15) is 9.67 Å². The van der Waals surface area contributed by atoms with E-state index in [1.54, 1.807) is 0 Å². The molecule has 0 saturated carbocycles. The smallest absolute Gasteiger partial charge is 0.273 e. The summed E-state index contributed by atoms with van der Waals surface area (Å²) in [5.41, 5.74) is 0. The summed E-state index contributed by atoms with van der Waals surface area (Å²) in [5, 5.41) is 1.21. The molecule has 0 aliphatic carbocycles. The van der Waals surface area contributed by atoms with Crippen molar-refractivity contribution in [2.24, 2.45) is 0 Å².